The van der Waals surface area contributed by atoms with Gasteiger partial charge in [-0.15, -0.1) is 0 Å². The third-order valence-corrected chi connectivity index (χ3v) is 3.01. The summed E-state index contributed by atoms with van der Waals surface area (Å²) in [7, 11) is 0. The standard InChI is InChI=1S/C11H13ClN4O2/c1-2-8-10(17)13-3-4-16(8)11(18)7-5-15-9(12)6-14-7/h5-6,8H,2-4H2,1H3,(H,13,17). The average molecular weight is 269 g/mol. The number of piperazine rings is 1. The van der Waals surface area contributed by atoms with Crippen LogP contribution < -0.4 is 5.32 Å². The molecule has 1 saturated heterocycles. The number of nitrogens with zero attached hydrogens (tertiary/aromatic N) is 3. The second-order valence-electron chi connectivity index (χ2n) is 3.94. The quantitative estimate of drug-likeness (QED) is 0.847. The van der Waals surface area contributed by atoms with Crippen molar-refractivity contribution in [3.63, 3.8) is 0 Å². The molecule has 1 unspecified atom stereocenters. The summed E-state index contributed by atoms with van der Waals surface area (Å²) in [5, 5.41) is 2.97. The predicted molar refractivity (Wildman–Crippen MR) is 65.2 cm³/mol. The Hall–Kier alpha value is -1.69. The SMILES string of the molecule is CCC1C(=O)NCCN1C(=O)c1cnc(Cl)cn1. The first-order chi connectivity index (χ1) is 8.63. The van der Waals surface area contributed by atoms with Crippen LogP contribution >= 0.6 is 11.6 Å². The molecule has 2 amide bonds. The number of nitrogens with one attached hydrogen (secondary N) is 1. The van der Waals surface area contributed by atoms with E-state index in [0.29, 0.717) is 19.5 Å². The third-order valence-electron chi connectivity index (χ3n) is 2.82. The van der Waals surface area contributed by atoms with Gasteiger partial charge in [0.25, 0.3) is 5.91 Å². The number of carbonyl (C=O) groups excluding carboxylic acids is 2. The molecule has 7 heteroatoms. The maximum absolute atomic E-state index is 12.2. The molecular weight excluding hydrogens is 256 g/mol. The zero-order valence-electron chi connectivity index (χ0n) is 9.89. The summed E-state index contributed by atoms with van der Waals surface area (Å²) >= 11 is 5.62. The van der Waals surface area contributed by atoms with Crippen LogP contribution in [0.15, 0.2) is 12.4 Å². The number of carbonyl (C=O) groups is 2. The van der Waals surface area contributed by atoms with Crippen molar-refractivity contribution in [3.05, 3.63) is 23.2 Å². The highest BCUT2D eigenvalue weighted by Crippen LogP contribution is 2.12. The maximum Gasteiger partial charge on any atom is 0.274 e. The summed E-state index contributed by atoms with van der Waals surface area (Å²) in [5.74, 6) is -0.417. The van der Waals surface area contributed by atoms with E-state index in [1.165, 1.54) is 17.3 Å². The molecule has 0 aliphatic carbocycles. The number of hydrogen-bond donors (Lipinski definition) is 1. The molecule has 96 valence electrons. The molecule has 18 heavy (non-hydrogen) atoms. The molecule has 6 nitrogen and oxygen atoms in total. The van der Waals surface area contributed by atoms with Crippen molar-refractivity contribution < 1.29 is 9.59 Å². The van der Waals surface area contributed by atoms with E-state index in [1.54, 1.807) is 0 Å². The Morgan fingerprint density at radius 3 is 2.94 bits per heavy atom. The molecule has 0 bridgehead atoms. The largest absolute Gasteiger partial charge is 0.353 e. The number of hydrogen-bond acceptors (Lipinski definition) is 4. The monoisotopic (exact) mass is 268 g/mol. The van der Waals surface area contributed by atoms with Crippen LogP contribution in [-0.4, -0.2) is 45.8 Å². The van der Waals surface area contributed by atoms with E-state index >= 15 is 0 Å². The Bertz CT molecular complexity index is 463. The van der Waals surface area contributed by atoms with Crippen molar-refractivity contribution in [2.45, 2.75) is 19.4 Å². The van der Waals surface area contributed by atoms with E-state index in [4.69, 9.17) is 11.6 Å². The molecule has 1 atom stereocenters. The number of halogens is 1. The lowest BCUT2D eigenvalue weighted by Crippen LogP contribution is -2.57. The van der Waals surface area contributed by atoms with Crippen molar-refractivity contribution in [2.24, 2.45) is 0 Å². The fourth-order valence-corrected chi connectivity index (χ4v) is 2.03. The van der Waals surface area contributed by atoms with Gasteiger partial charge in [0.15, 0.2) is 0 Å². The van der Waals surface area contributed by atoms with Gasteiger partial charge >= 0.3 is 0 Å². The van der Waals surface area contributed by atoms with Crippen molar-refractivity contribution in [3.8, 4) is 0 Å². The second-order valence-corrected chi connectivity index (χ2v) is 4.33. The maximum atomic E-state index is 12.2. The number of rotatable bonds is 2. The highest BCUT2D eigenvalue weighted by Gasteiger charge is 2.32. The smallest absolute Gasteiger partial charge is 0.274 e. The van der Waals surface area contributed by atoms with Gasteiger partial charge in [-0.1, -0.05) is 18.5 Å². The molecule has 1 aliphatic rings. The summed E-state index contributed by atoms with van der Waals surface area (Å²) in [4.78, 5) is 33.2. The van der Waals surface area contributed by atoms with Gasteiger partial charge in [-0.25, -0.2) is 9.97 Å². The van der Waals surface area contributed by atoms with E-state index in [1.807, 2.05) is 6.92 Å². The molecule has 1 fully saturated rings. The van der Waals surface area contributed by atoms with Gasteiger partial charge in [-0.3, -0.25) is 9.59 Å². The van der Waals surface area contributed by atoms with E-state index in [9.17, 15) is 9.59 Å². The highest BCUT2D eigenvalue weighted by atomic mass is 35.5. The van der Waals surface area contributed by atoms with Crippen LogP contribution in [0, 0.1) is 0 Å². The first kappa shape index (κ1) is 12.8. The zero-order valence-corrected chi connectivity index (χ0v) is 10.6. The lowest BCUT2D eigenvalue weighted by molar-refractivity contribution is -0.127. The van der Waals surface area contributed by atoms with Crippen LogP contribution in [0.5, 0.6) is 0 Å². The van der Waals surface area contributed by atoms with E-state index in [2.05, 4.69) is 15.3 Å². The molecular formula is C11H13ClN4O2. The molecule has 1 N–H and O–H groups in total. The van der Waals surface area contributed by atoms with Crippen molar-refractivity contribution in [1.29, 1.82) is 0 Å². The van der Waals surface area contributed by atoms with Crippen LogP contribution in [0.25, 0.3) is 0 Å². The van der Waals surface area contributed by atoms with Crippen molar-refractivity contribution in [2.75, 3.05) is 13.1 Å². The van der Waals surface area contributed by atoms with Crippen LogP contribution in [0.1, 0.15) is 23.8 Å². The second kappa shape index (κ2) is 5.30. The molecule has 0 spiro atoms. The van der Waals surface area contributed by atoms with Crippen molar-refractivity contribution in [1.82, 2.24) is 20.2 Å². The average Bonchev–Trinajstić information content (AvgIpc) is 2.38. The van der Waals surface area contributed by atoms with Gasteiger partial charge in [0, 0.05) is 13.1 Å². The van der Waals surface area contributed by atoms with Gasteiger partial charge < -0.3 is 10.2 Å². The van der Waals surface area contributed by atoms with Crippen molar-refractivity contribution >= 4 is 23.4 Å². The Morgan fingerprint density at radius 1 is 1.56 bits per heavy atom. The topological polar surface area (TPSA) is 75.2 Å². The number of aromatic nitrogens is 2. The lowest BCUT2D eigenvalue weighted by atomic mass is 10.1. The summed E-state index contributed by atoms with van der Waals surface area (Å²) in [6.45, 7) is 2.80. The Kier molecular flexibility index (Phi) is 3.76. The first-order valence-electron chi connectivity index (χ1n) is 5.69. The molecule has 1 aromatic rings. The Morgan fingerprint density at radius 2 is 2.33 bits per heavy atom. The van der Waals surface area contributed by atoms with E-state index in [-0.39, 0.29) is 22.7 Å². The fourth-order valence-electron chi connectivity index (χ4n) is 1.93. The van der Waals surface area contributed by atoms with Gasteiger partial charge in [-0.2, -0.15) is 0 Å². The molecule has 0 saturated carbocycles. The fraction of sp³-hybridized carbons (Fsp3) is 0.455. The minimum atomic E-state index is -0.441. The predicted octanol–water partition coefficient (Wildman–Crippen LogP) is 0.481. The summed E-state index contributed by atoms with van der Waals surface area (Å²) < 4.78 is 0. The summed E-state index contributed by atoms with van der Waals surface area (Å²) in [6, 6.07) is -0.441. The lowest BCUT2D eigenvalue weighted by Gasteiger charge is -2.34. The zero-order chi connectivity index (χ0) is 13.1. The van der Waals surface area contributed by atoms with Gasteiger partial charge in [0.2, 0.25) is 5.91 Å². The minimum Gasteiger partial charge on any atom is -0.353 e. The van der Waals surface area contributed by atoms with E-state index in [0.717, 1.165) is 0 Å². The molecule has 2 rings (SSSR count). The van der Waals surface area contributed by atoms with Gasteiger partial charge in [0.1, 0.15) is 16.9 Å². The molecule has 0 aromatic carbocycles. The minimum absolute atomic E-state index is 0.126. The van der Waals surface area contributed by atoms with Crippen LogP contribution in [0.4, 0.5) is 0 Å². The highest BCUT2D eigenvalue weighted by molar-refractivity contribution is 6.29. The van der Waals surface area contributed by atoms with E-state index < -0.39 is 6.04 Å². The first-order valence-corrected chi connectivity index (χ1v) is 6.07. The van der Waals surface area contributed by atoms with Gasteiger partial charge in [-0.05, 0) is 6.42 Å². The van der Waals surface area contributed by atoms with Crippen LogP contribution in [-0.2, 0) is 4.79 Å². The molecule has 1 aliphatic heterocycles. The molecule has 1 aromatic heterocycles. The van der Waals surface area contributed by atoms with Crippen LogP contribution in [0.2, 0.25) is 5.15 Å². The normalized spacial score (nSPS) is 19.6. The van der Waals surface area contributed by atoms with Gasteiger partial charge in [0.05, 0.1) is 12.4 Å². The summed E-state index contributed by atoms with van der Waals surface area (Å²) in [5.41, 5.74) is 0.201. The third kappa shape index (κ3) is 2.43. The Balaban J connectivity index is 2.21. The number of amides is 2. The van der Waals surface area contributed by atoms with Crippen LogP contribution in [0.3, 0.4) is 0 Å². The molecule has 2 heterocycles. The summed E-state index contributed by atoms with van der Waals surface area (Å²) in [6.07, 6.45) is 3.21. The Labute approximate surface area is 109 Å². The molecule has 0 radical (unpaired) electrons.